The van der Waals surface area contributed by atoms with Gasteiger partial charge in [0.1, 0.15) is 34.6 Å². The molecule has 188 valence electrons. The number of fused-ring (bicyclic) bond motifs is 1. The summed E-state index contributed by atoms with van der Waals surface area (Å²) >= 11 is 7.83. The van der Waals surface area contributed by atoms with E-state index in [9.17, 15) is 5.11 Å². The molecule has 36 heavy (non-hydrogen) atoms. The van der Waals surface area contributed by atoms with Crippen molar-refractivity contribution < 1.29 is 14.6 Å². The Bertz CT molecular complexity index is 1310. The molecule has 1 aliphatic rings. The first-order chi connectivity index (χ1) is 17.6. The first-order valence-electron chi connectivity index (χ1n) is 12.0. The van der Waals surface area contributed by atoms with Gasteiger partial charge in [0.05, 0.1) is 17.5 Å². The van der Waals surface area contributed by atoms with Gasteiger partial charge in [-0.2, -0.15) is 0 Å². The number of anilines is 1. The number of hydrogen-bond donors (Lipinski definition) is 2. The molecule has 0 bridgehead atoms. The van der Waals surface area contributed by atoms with Crippen molar-refractivity contribution in [1.82, 2.24) is 15.3 Å². The minimum atomic E-state index is -0.814. The molecule has 0 spiro atoms. The Hall–Kier alpha value is -2.91. The summed E-state index contributed by atoms with van der Waals surface area (Å²) in [6.07, 6.45) is 1.88. The number of nitrogens with zero attached hydrogens (tertiary/aromatic N) is 3. The number of hydrogen-bond acceptors (Lipinski definition) is 8. The van der Waals surface area contributed by atoms with Crippen LogP contribution < -0.4 is 19.7 Å². The van der Waals surface area contributed by atoms with E-state index in [4.69, 9.17) is 26.1 Å². The van der Waals surface area contributed by atoms with Gasteiger partial charge in [-0.05, 0) is 50.6 Å². The Morgan fingerprint density at radius 2 is 1.92 bits per heavy atom. The fraction of sp³-hybridized carbons (Fsp3) is 0.333. The molecule has 0 aliphatic carbocycles. The van der Waals surface area contributed by atoms with Gasteiger partial charge in [0.2, 0.25) is 0 Å². The number of aromatic nitrogens is 2. The van der Waals surface area contributed by atoms with E-state index in [-0.39, 0.29) is 6.04 Å². The van der Waals surface area contributed by atoms with Crippen LogP contribution in [0.25, 0.3) is 21.3 Å². The van der Waals surface area contributed by atoms with Gasteiger partial charge in [-0.3, -0.25) is 0 Å². The van der Waals surface area contributed by atoms with Gasteiger partial charge in [0.15, 0.2) is 6.23 Å². The zero-order chi connectivity index (χ0) is 25.1. The minimum Gasteiger partial charge on any atom is -0.495 e. The minimum absolute atomic E-state index is 0.113. The second-order valence-electron chi connectivity index (χ2n) is 8.83. The van der Waals surface area contributed by atoms with Crippen molar-refractivity contribution in [3.8, 4) is 22.6 Å². The first-order valence-corrected chi connectivity index (χ1v) is 13.3. The molecule has 1 fully saturated rings. The summed E-state index contributed by atoms with van der Waals surface area (Å²) in [5, 5.41) is 18.1. The number of aliphatic hydroxyl groups is 1. The molecule has 2 aromatic carbocycles. The lowest BCUT2D eigenvalue weighted by Gasteiger charge is -2.42. The number of nitrogens with one attached hydrogen (secondary N) is 1. The maximum Gasteiger partial charge on any atom is 0.199 e. The molecule has 3 heterocycles. The highest BCUT2D eigenvalue weighted by Crippen LogP contribution is 2.40. The molecule has 2 unspecified atom stereocenters. The number of piperidine rings is 1. The van der Waals surface area contributed by atoms with E-state index in [2.05, 4.69) is 32.7 Å². The smallest absolute Gasteiger partial charge is 0.199 e. The van der Waals surface area contributed by atoms with Crippen molar-refractivity contribution in [1.29, 1.82) is 0 Å². The quantitative estimate of drug-likeness (QED) is 0.300. The normalized spacial score (nSPS) is 16.0. The lowest BCUT2D eigenvalue weighted by molar-refractivity contribution is 0.0385. The van der Waals surface area contributed by atoms with Gasteiger partial charge < -0.3 is 24.8 Å². The maximum atomic E-state index is 11.0. The van der Waals surface area contributed by atoms with Crippen LogP contribution in [0.4, 0.5) is 5.82 Å². The summed E-state index contributed by atoms with van der Waals surface area (Å²) in [7, 11) is 1.57. The summed E-state index contributed by atoms with van der Waals surface area (Å²) < 4.78 is 11.9. The molecule has 4 aromatic rings. The van der Waals surface area contributed by atoms with E-state index in [1.807, 2.05) is 18.2 Å². The molecule has 0 saturated carbocycles. The predicted octanol–water partition coefficient (Wildman–Crippen LogP) is 5.36. The van der Waals surface area contributed by atoms with E-state index in [1.165, 1.54) is 0 Å². The van der Waals surface area contributed by atoms with Gasteiger partial charge in [-0.15, -0.1) is 11.3 Å². The number of thiophene rings is 1. The zero-order valence-corrected chi connectivity index (χ0v) is 21.8. The number of benzene rings is 2. The topological polar surface area (TPSA) is 79.7 Å². The summed E-state index contributed by atoms with van der Waals surface area (Å²) in [6, 6.07) is 15.6. The number of ether oxygens (including phenoxy) is 2. The molecule has 5 rings (SSSR count). The second kappa shape index (κ2) is 11.0. The van der Waals surface area contributed by atoms with E-state index >= 15 is 0 Å². The second-order valence-corrected chi connectivity index (χ2v) is 10.1. The van der Waals surface area contributed by atoms with E-state index in [0.717, 1.165) is 53.1 Å². The Morgan fingerprint density at radius 1 is 1.14 bits per heavy atom. The van der Waals surface area contributed by atoms with Crippen molar-refractivity contribution in [3.63, 3.8) is 0 Å². The average Bonchev–Trinajstić information content (AvgIpc) is 3.35. The Balaban J connectivity index is 1.64. The lowest BCUT2D eigenvalue weighted by atomic mass is 10.0. The SMILES string of the molecule is COc1cc(OC(C(C)O)N(c2ncnc3scc(-c4ccccc4)c23)C2CCNCC2)ccc1Cl. The van der Waals surface area contributed by atoms with Gasteiger partial charge >= 0.3 is 0 Å². The largest absolute Gasteiger partial charge is 0.495 e. The lowest BCUT2D eigenvalue weighted by Crippen LogP contribution is -2.55. The predicted molar refractivity (Wildman–Crippen MR) is 145 cm³/mol. The monoisotopic (exact) mass is 524 g/mol. The molecule has 7 nitrogen and oxygen atoms in total. The summed E-state index contributed by atoms with van der Waals surface area (Å²) in [6.45, 7) is 3.51. The van der Waals surface area contributed by atoms with Gasteiger partial charge in [-0.25, -0.2) is 9.97 Å². The number of methoxy groups -OCH3 is 1. The molecular weight excluding hydrogens is 496 g/mol. The van der Waals surface area contributed by atoms with E-state index < -0.39 is 12.3 Å². The van der Waals surface area contributed by atoms with Crippen LogP contribution >= 0.6 is 22.9 Å². The van der Waals surface area contributed by atoms with Crippen LogP contribution in [0.5, 0.6) is 11.5 Å². The van der Waals surface area contributed by atoms with Crippen LogP contribution in [0.15, 0.2) is 60.2 Å². The number of aliphatic hydroxyl groups excluding tert-OH is 1. The van der Waals surface area contributed by atoms with Crippen molar-refractivity contribution in [3.05, 3.63) is 65.3 Å². The molecule has 2 aromatic heterocycles. The van der Waals surface area contributed by atoms with Crippen molar-refractivity contribution in [2.45, 2.75) is 38.1 Å². The highest BCUT2D eigenvalue weighted by Gasteiger charge is 2.35. The zero-order valence-electron chi connectivity index (χ0n) is 20.2. The van der Waals surface area contributed by atoms with E-state index in [0.29, 0.717) is 16.5 Å². The molecular formula is C27H29ClN4O3S. The van der Waals surface area contributed by atoms with Crippen LogP contribution in [-0.4, -0.2) is 53.6 Å². The Labute approximate surface area is 219 Å². The fourth-order valence-corrected chi connectivity index (χ4v) is 5.82. The van der Waals surface area contributed by atoms with Crippen LogP contribution in [0.1, 0.15) is 19.8 Å². The molecule has 1 aliphatic heterocycles. The first kappa shape index (κ1) is 24.8. The molecule has 0 amide bonds. The standard InChI is InChI=1S/C27H29ClN4O3S/c1-17(33)27(35-20-8-9-22(28)23(14-20)34-2)32(19-10-12-29-13-11-19)25-24-21(18-6-4-3-5-7-18)15-36-26(24)31-16-30-25/h3-9,14-17,19,27,29,33H,10-13H2,1-2H3. The number of halogens is 1. The van der Waals surface area contributed by atoms with Crippen molar-refractivity contribution in [2.24, 2.45) is 0 Å². The molecule has 2 atom stereocenters. The van der Waals surface area contributed by atoms with E-state index in [1.54, 1.807) is 49.9 Å². The van der Waals surface area contributed by atoms with Crippen molar-refractivity contribution in [2.75, 3.05) is 25.1 Å². The summed E-state index contributed by atoms with van der Waals surface area (Å²) in [4.78, 5) is 12.4. The third-order valence-electron chi connectivity index (χ3n) is 6.45. The van der Waals surface area contributed by atoms with Crippen LogP contribution in [0.3, 0.4) is 0 Å². The summed E-state index contributed by atoms with van der Waals surface area (Å²) in [5.41, 5.74) is 2.17. The number of rotatable bonds is 8. The Kier molecular flexibility index (Phi) is 7.57. The molecule has 1 saturated heterocycles. The molecule has 0 radical (unpaired) electrons. The molecule has 9 heteroatoms. The third-order valence-corrected chi connectivity index (χ3v) is 7.65. The highest BCUT2D eigenvalue weighted by atomic mass is 35.5. The molecule has 2 N–H and O–H groups in total. The van der Waals surface area contributed by atoms with Crippen LogP contribution in [0, 0.1) is 0 Å². The Morgan fingerprint density at radius 3 is 2.64 bits per heavy atom. The third kappa shape index (κ3) is 4.99. The summed E-state index contributed by atoms with van der Waals surface area (Å²) in [5.74, 6) is 1.83. The van der Waals surface area contributed by atoms with Gasteiger partial charge in [0.25, 0.3) is 0 Å². The van der Waals surface area contributed by atoms with Gasteiger partial charge in [0, 0.05) is 23.1 Å². The van der Waals surface area contributed by atoms with Crippen molar-refractivity contribution >= 4 is 39.0 Å². The average molecular weight is 525 g/mol. The maximum absolute atomic E-state index is 11.0. The highest BCUT2D eigenvalue weighted by molar-refractivity contribution is 7.17. The van der Waals surface area contributed by atoms with Gasteiger partial charge in [-0.1, -0.05) is 41.9 Å². The van der Waals surface area contributed by atoms with Crippen LogP contribution in [0.2, 0.25) is 5.02 Å². The fourth-order valence-electron chi connectivity index (χ4n) is 4.71. The van der Waals surface area contributed by atoms with Crippen LogP contribution in [-0.2, 0) is 0 Å².